The topological polar surface area (TPSA) is 58.2 Å². The van der Waals surface area contributed by atoms with E-state index >= 15 is 0 Å². The lowest BCUT2D eigenvalue weighted by atomic mass is 10.0. The maximum Gasteiger partial charge on any atom is 0.224 e. The molecular weight excluding hydrogens is 307 g/mol. The molecule has 2 aromatic carbocycles. The van der Waals surface area contributed by atoms with E-state index in [4.69, 9.17) is 0 Å². The van der Waals surface area contributed by atoms with Crippen LogP contribution in [-0.4, -0.2) is 11.8 Å². The number of amides is 2. The van der Waals surface area contributed by atoms with Crippen LogP contribution in [0.15, 0.2) is 42.5 Å². The number of nitrogens with one attached hydrogen (secondary N) is 2. The number of hydrogen-bond donors (Lipinski definition) is 2. The van der Waals surface area contributed by atoms with Crippen LogP contribution in [0.5, 0.6) is 0 Å². The molecule has 5 heteroatoms. The number of carbonyl (C=O) groups is 2. The second kappa shape index (κ2) is 7.25. The van der Waals surface area contributed by atoms with Gasteiger partial charge in [0, 0.05) is 25.1 Å². The second-order valence-corrected chi connectivity index (χ2v) is 5.94. The van der Waals surface area contributed by atoms with Crippen molar-refractivity contribution in [2.45, 2.75) is 32.2 Å². The van der Waals surface area contributed by atoms with E-state index in [2.05, 4.69) is 10.6 Å². The SMILES string of the molecule is O=C(CCc1ccc(F)cc1)NCc1ccc2c(c1)CCC(=O)N2. The van der Waals surface area contributed by atoms with Crippen LogP contribution in [0.2, 0.25) is 0 Å². The van der Waals surface area contributed by atoms with Crippen molar-refractivity contribution in [1.82, 2.24) is 5.32 Å². The Hall–Kier alpha value is -2.69. The summed E-state index contributed by atoms with van der Waals surface area (Å²) in [5.41, 5.74) is 3.92. The van der Waals surface area contributed by atoms with E-state index in [1.165, 1.54) is 12.1 Å². The lowest BCUT2D eigenvalue weighted by molar-refractivity contribution is -0.121. The molecule has 2 N–H and O–H groups in total. The van der Waals surface area contributed by atoms with Crippen LogP contribution in [0, 0.1) is 5.82 Å². The second-order valence-electron chi connectivity index (χ2n) is 5.94. The number of rotatable bonds is 5. The summed E-state index contributed by atoms with van der Waals surface area (Å²) in [7, 11) is 0. The number of anilines is 1. The molecule has 1 aliphatic heterocycles. The Labute approximate surface area is 140 Å². The summed E-state index contributed by atoms with van der Waals surface area (Å²) in [5, 5.41) is 5.74. The maximum atomic E-state index is 12.8. The Kier molecular flexibility index (Phi) is 4.89. The molecule has 3 rings (SSSR count). The first kappa shape index (κ1) is 16.2. The summed E-state index contributed by atoms with van der Waals surface area (Å²) in [5.74, 6) is -0.263. The van der Waals surface area contributed by atoms with Gasteiger partial charge in [0.2, 0.25) is 11.8 Å². The Bertz CT molecular complexity index is 756. The predicted octanol–water partition coefficient (Wildman–Crippen LogP) is 2.96. The fourth-order valence-electron chi connectivity index (χ4n) is 2.74. The molecule has 1 aliphatic rings. The number of carbonyl (C=O) groups excluding carboxylic acids is 2. The zero-order valence-electron chi connectivity index (χ0n) is 13.3. The van der Waals surface area contributed by atoms with Crippen LogP contribution in [-0.2, 0) is 29.0 Å². The highest BCUT2D eigenvalue weighted by molar-refractivity contribution is 5.93. The fourth-order valence-corrected chi connectivity index (χ4v) is 2.74. The van der Waals surface area contributed by atoms with Crippen molar-refractivity contribution < 1.29 is 14.0 Å². The lowest BCUT2D eigenvalue weighted by Crippen LogP contribution is -2.23. The van der Waals surface area contributed by atoms with E-state index < -0.39 is 0 Å². The average molecular weight is 326 g/mol. The van der Waals surface area contributed by atoms with Gasteiger partial charge >= 0.3 is 0 Å². The van der Waals surface area contributed by atoms with E-state index in [1.54, 1.807) is 12.1 Å². The first-order valence-corrected chi connectivity index (χ1v) is 8.03. The summed E-state index contributed by atoms with van der Waals surface area (Å²) in [6, 6.07) is 12.0. The molecule has 0 aromatic heterocycles. The number of fused-ring (bicyclic) bond motifs is 1. The summed E-state index contributed by atoms with van der Waals surface area (Å²) >= 11 is 0. The van der Waals surface area contributed by atoms with E-state index in [0.29, 0.717) is 25.8 Å². The van der Waals surface area contributed by atoms with Crippen LogP contribution < -0.4 is 10.6 Å². The van der Waals surface area contributed by atoms with E-state index in [1.807, 2.05) is 18.2 Å². The summed E-state index contributed by atoms with van der Waals surface area (Å²) < 4.78 is 12.8. The zero-order valence-corrected chi connectivity index (χ0v) is 13.3. The molecule has 2 aromatic rings. The summed E-state index contributed by atoms with van der Waals surface area (Å²) in [4.78, 5) is 23.3. The third-order valence-electron chi connectivity index (χ3n) is 4.11. The molecule has 0 unspecified atom stereocenters. The number of aryl methyl sites for hydroxylation is 2. The molecule has 124 valence electrons. The van der Waals surface area contributed by atoms with Crippen LogP contribution in [0.1, 0.15) is 29.5 Å². The van der Waals surface area contributed by atoms with Gasteiger partial charge in [-0.15, -0.1) is 0 Å². The molecule has 0 spiro atoms. The number of benzene rings is 2. The Morgan fingerprint density at radius 2 is 1.83 bits per heavy atom. The van der Waals surface area contributed by atoms with Gasteiger partial charge in [0.15, 0.2) is 0 Å². The summed E-state index contributed by atoms with van der Waals surface area (Å²) in [6.07, 6.45) is 2.18. The standard InChI is InChI=1S/C19H19FN2O2/c20-16-6-1-13(2-7-16)4-9-18(23)21-12-14-3-8-17-15(11-14)5-10-19(24)22-17/h1-3,6-8,11H,4-5,9-10,12H2,(H,21,23)(H,22,24). The molecule has 0 saturated heterocycles. The maximum absolute atomic E-state index is 12.8. The Balaban J connectivity index is 1.49. The molecule has 0 aliphatic carbocycles. The predicted molar refractivity (Wildman–Crippen MR) is 90.0 cm³/mol. The van der Waals surface area contributed by atoms with E-state index in [-0.39, 0.29) is 17.6 Å². The third-order valence-corrected chi connectivity index (χ3v) is 4.11. The molecule has 24 heavy (non-hydrogen) atoms. The van der Waals surface area contributed by atoms with Gasteiger partial charge in [0.25, 0.3) is 0 Å². The highest BCUT2D eigenvalue weighted by Crippen LogP contribution is 2.23. The third kappa shape index (κ3) is 4.19. The van der Waals surface area contributed by atoms with Gasteiger partial charge in [-0.25, -0.2) is 4.39 Å². The van der Waals surface area contributed by atoms with Crippen LogP contribution in [0.25, 0.3) is 0 Å². The van der Waals surface area contributed by atoms with Crippen molar-refractivity contribution in [3.05, 3.63) is 65.0 Å². The number of halogens is 1. The zero-order chi connectivity index (χ0) is 16.9. The van der Waals surface area contributed by atoms with Gasteiger partial charge in [-0.3, -0.25) is 9.59 Å². The molecule has 0 saturated carbocycles. The van der Waals surface area contributed by atoms with Gasteiger partial charge in [-0.1, -0.05) is 24.3 Å². The molecule has 2 amide bonds. The molecular formula is C19H19FN2O2. The highest BCUT2D eigenvalue weighted by Gasteiger charge is 2.14. The molecule has 0 radical (unpaired) electrons. The number of hydrogen-bond acceptors (Lipinski definition) is 2. The highest BCUT2D eigenvalue weighted by atomic mass is 19.1. The van der Waals surface area contributed by atoms with Crippen LogP contribution in [0.3, 0.4) is 0 Å². The molecule has 0 atom stereocenters. The quantitative estimate of drug-likeness (QED) is 0.887. The Morgan fingerprint density at radius 3 is 2.62 bits per heavy atom. The van der Waals surface area contributed by atoms with Crippen molar-refractivity contribution in [2.24, 2.45) is 0 Å². The first-order valence-electron chi connectivity index (χ1n) is 8.03. The van der Waals surface area contributed by atoms with Gasteiger partial charge in [0.05, 0.1) is 0 Å². The minimum absolute atomic E-state index is 0.0367. The van der Waals surface area contributed by atoms with Gasteiger partial charge in [0.1, 0.15) is 5.82 Å². The molecule has 1 heterocycles. The first-order chi connectivity index (χ1) is 11.6. The fraction of sp³-hybridized carbons (Fsp3) is 0.263. The van der Waals surface area contributed by atoms with Crippen molar-refractivity contribution in [2.75, 3.05) is 5.32 Å². The average Bonchev–Trinajstić information content (AvgIpc) is 2.59. The Morgan fingerprint density at radius 1 is 1.08 bits per heavy atom. The molecule has 0 fully saturated rings. The van der Waals surface area contributed by atoms with Gasteiger partial charge < -0.3 is 10.6 Å². The van der Waals surface area contributed by atoms with E-state index in [9.17, 15) is 14.0 Å². The van der Waals surface area contributed by atoms with Crippen molar-refractivity contribution in [3.63, 3.8) is 0 Å². The largest absolute Gasteiger partial charge is 0.352 e. The van der Waals surface area contributed by atoms with Crippen molar-refractivity contribution >= 4 is 17.5 Å². The lowest BCUT2D eigenvalue weighted by Gasteiger charge is -2.17. The normalized spacial score (nSPS) is 13.1. The monoisotopic (exact) mass is 326 g/mol. The minimum Gasteiger partial charge on any atom is -0.352 e. The van der Waals surface area contributed by atoms with Crippen molar-refractivity contribution in [1.29, 1.82) is 0 Å². The molecule has 4 nitrogen and oxygen atoms in total. The molecule has 0 bridgehead atoms. The summed E-state index contributed by atoms with van der Waals surface area (Å²) in [6.45, 7) is 0.462. The van der Waals surface area contributed by atoms with Crippen LogP contribution in [0.4, 0.5) is 10.1 Å². The smallest absolute Gasteiger partial charge is 0.224 e. The van der Waals surface area contributed by atoms with Gasteiger partial charge in [-0.2, -0.15) is 0 Å². The van der Waals surface area contributed by atoms with Crippen molar-refractivity contribution in [3.8, 4) is 0 Å². The minimum atomic E-state index is -0.271. The van der Waals surface area contributed by atoms with Gasteiger partial charge in [-0.05, 0) is 47.7 Å². The van der Waals surface area contributed by atoms with E-state index in [0.717, 1.165) is 28.8 Å². The van der Waals surface area contributed by atoms with Crippen LogP contribution >= 0.6 is 0 Å².